The molecule has 0 radical (unpaired) electrons. The van der Waals surface area contributed by atoms with Gasteiger partial charge in [-0.2, -0.15) is 5.10 Å². The molecule has 18 heavy (non-hydrogen) atoms. The van der Waals surface area contributed by atoms with Crippen LogP contribution in [-0.2, 0) is 0 Å². The lowest BCUT2D eigenvalue weighted by Gasteiger charge is -2.19. The van der Waals surface area contributed by atoms with E-state index in [9.17, 15) is 4.79 Å². The molecule has 5 heteroatoms. The number of likely N-dealkylation sites (tertiary alicyclic amines) is 1. The highest BCUT2D eigenvalue weighted by molar-refractivity contribution is 5.37. The number of nitrogens with zero attached hydrogens (tertiary/aromatic N) is 3. The Kier molecular flexibility index (Phi) is 2.70. The Morgan fingerprint density at radius 1 is 1.50 bits per heavy atom. The average Bonchev–Trinajstić information content (AvgIpc) is 2.92. The van der Waals surface area contributed by atoms with E-state index in [-0.39, 0.29) is 5.43 Å². The molecular weight excluding hydrogens is 228 g/mol. The molecule has 2 aromatic rings. The van der Waals surface area contributed by atoms with Crippen LogP contribution in [0.2, 0.25) is 0 Å². The van der Waals surface area contributed by atoms with Gasteiger partial charge in [0.05, 0.1) is 0 Å². The minimum absolute atomic E-state index is 0.0143. The molecule has 0 bridgehead atoms. The van der Waals surface area contributed by atoms with Crippen LogP contribution in [0, 0.1) is 0 Å². The number of hydrogen-bond acceptors (Lipinski definition) is 3. The number of nitrogens with one attached hydrogen (secondary N) is 1. The van der Waals surface area contributed by atoms with Gasteiger partial charge in [-0.25, -0.2) is 0 Å². The molecule has 96 valence electrons. The third-order valence-electron chi connectivity index (χ3n) is 3.77. The van der Waals surface area contributed by atoms with E-state index >= 15 is 0 Å². The summed E-state index contributed by atoms with van der Waals surface area (Å²) in [5, 5.41) is 7.33. The van der Waals surface area contributed by atoms with Crippen molar-refractivity contribution >= 4 is 5.65 Å². The lowest BCUT2D eigenvalue weighted by atomic mass is 10.1. The van der Waals surface area contributed by atoms with Gasteiger partial charge < -0.3 is 4.90 Å². The van der Waals surface area contributed by atoms with Gasteiger partial charge in [-0.1, -0.05) is 0 Å². The number of aromatic nitrogens is 3. The first-order valence-corrected chi connectivity index (χ1v) is 6.46. The smallest absolute Gasteiger partial charge is 0.183 e. The van der Waals surface area contributed by atoms with E-state index in [1.807, 2.05) is 10.6 Å². The maximum absolute atomic E-state index is 11.3. The van der Waals surface area contributed by atoms with Crippen molar-refractivity contribution in [2.75, 3.05) is 13.1 Å². The van der Waals surface area contributed by atoms with E-state index in [1.165, 1.54) is 0 Å². The van der Waals surface area contributed by atoms with Crippen LogP contribution in [0.25, 0.3) is 5.65 Å². The van der Waals surface area contributed by atoms with Crippen LogP contribution in [0.5, 0.6) is 0 Å². The van der Waals surface area contributed by atoms with Gasteiger partial charge in [0.2, 0.25) is 0 Å². The van der Waals surface area contributed by atoms with Crippen molar-refractivity contribution in [2.45, 2.75) is 32.2 Å². The fourth-order valence-corrected chi connectivity index (χ4v) is 2.69. The SMILES string of the molecule is CC(C)N1CCC(c2n[nH]c3cc(=O)ccn23)C1. The summed E-state index contributed by atoms with van der Waals surface area (Å²) >= 11 is 0. The van der Waals surface area contributed by atoms with E-state index in [1.54, 1.807) is 12.1 Å². The zero-order valence-corrected chi connectivity index (χ0v) is 10.8. The monoisotopic (exact) mass is 246 g/mol. The van der Waals surface area contributed by atoms with Crippen molar-refractivity contribution in [3.05, 3.63) is 34.4 Å². The summed E-state index contributed by atoms with van der Waals surface area (Å²) in [5.41, 5.74) is 0.793. The number of aromatic amines is 1. The second-order valence-electron chi connectivity index (χ2n) is 5.27. The van der Waals surface area contributed by atoms with Gasteiger partial charge in [-0.15, -0.1) is 0 Å². The highest BCUT2D eigenvalue weighted by atomic mass is 16.1. The molecule has 0 spiro atoms. The highest BCUT2D eigenvalue weighted by Gasteiger charge is 2.28. The van der Waals surface area contributed by atoms with Gasteiger partial charge in [0.25, 0.3) is 0 Å². The van der Waals surface area contributed by atoms with Crippen LogP contribution in [0.1, 0.15) is 32.0 Å². The van der Waals surface area contributed by atoms with Gasteiger partial charge in [0, 0.05) is 36.8 Å². The van der Waals surface area contributed by atoms with Crippen LogP contribution in [-0.4, -0.2) is 38.6 Å². The number of fused-ring (bicyclic) bond motifs is 1. The summed E-state index contributed by atoms with van der Waals surface area (Å²) in [6.07, 6.45) is 2.94. The van der Waals surface area contributed by atoms with E-state index in [0.717, 1.165) is 31.0 Å². The van der Waals surface area contributed by atoms with E-state index in [0.29, 0.717) is 12.0 Å². The second kappa shape index (κ2) is 4.24. The van der Waals surface area contributed by atoms with Crippen molar-refractivity contribution in [1.82, 2.24) is 19.5 Å². The Balaban J connectivity index is 1.94. The minimum Gasteiger partial charge on any atom is -0.300 e. The maximum atomic E-state index is 11.3. The Morgan fingerprint density at radius 3 is 3.06 bits per heavy atom. The molecule has 0 aromatic carbocycles. The van der Waals surface area contributed by atoms with Crippen molar-refractivity contribution in [1.29, 1.82) is 0 Å². The summed E-state index contributed by atoms with van der Waals surface area (Å²) in [4.78, 5) is 13.8. The molecule has 1 unspecified atom stereocenters. The van der Waals surface area contributed by atoms with Crippen LogP contribution in [0.15, 0.2) is 23.1 Å². The maximum Gasteiger partial charge on any atom is 0.183 e. The molecule has 1 atom stereocenters. The molecule has 1 aliphatic heterocycles. The fourth-order valence-electron chi connectivity index (χ4n) is 2.69. The first-order chi connectivity index (χ1) is 8.65. The largest absolute Gasteiger partial charge is 0.300 e. The van der Waals surface area contributed by atoms with Crippen LogP contribution in [0.4, 0.5) is 0 Å². The molecule has 3 rings (SSSR count). The van der Waals surface area contributed by atoms with Crippen LogP contribution in [0.3, 0.4) is 0 Å². The molecule has 0 saturated carbocycles. The quantitative estimate of drug-likeness (QED) is 0.867. The number of H-pyrrole nitrogens is 1. The second-order valence-corrected chi connectivity index (χ2v) is 5.27. The fraction of sp³-hybridized carbons (Fsp3) is 0.538. The van der Waals surface area contributed by atoms with Crippen molar-refractivity contribution in [3.8, 4) is 0 Å². The molecule has 5 nitrogen and oxygen atoms in total. The van der Waals surface area contributed by atoms with Crippen molar-refractivity contribution in [2.24, 2.45) is 0 Å². The molecule has 0 aliphatic carbocycles. The number of pyridine rings is 1. The molecule has 1 saturated heterocycles. The van der Waals surface area contributed by atoms with Crippen LogP contribution < -0.4 is 5.43 Å². The Bertz CT molecular complexity index is 613. The summed E-state index contributed by atoms with van der Waals surface area (Å²) < 4.78 is 2.00. The lowest BCUT2D eigenvalue weighted by molar-refractivity contribution is 0.271. The molecule has 0 amide bonds. The van der Waals surface area contributed by atoms with Gasteiger partial charge in [0.15, 0.2) is 5.43 Å². The summed E-state index contributed by atoms with van der Waals surface area (Å²) in [6.45, 7) is 6.62. The van der Waals surface area contributed by atoms with Gasteiger partial charge in [-0.05, 0) is 26.8 Å². The molecule has 3 heterocycles. The molecule has 1 N–H and O–H groups in total. The molecule has 1 fully saturated rings. The van der Waals surface area contributed by atoms with Gasteiger partial charge in [-0.3, -0.25) is 14.3 Å². The Labute approximate surface area is 105 Å². The van der Waals surface area contributed by atoms with Gasteiger partial charge >= 0.3 is 0 Å². The first-order valence-electron chi connectivity index (χ1n) is 6.46. The first kappa shape index (κ1) is 11.5. The zero-order chi connectivity index (χ0) is 12.7. The normalized spacial score (nSPS) is 21.2. The lowest BCUT2D eigenvalue weighted by Crippen LogP contribution is -2.28. The van der Waals surface area contributed by atoms with E-state index in [4.69, 9.17) is 0 Å². The van der Waals surface area contributed by atoms with Crippen molar-refractivity contribution < 1.29 is 0 Å². The van der Waals surface area contributed by atoms with E-state index < -0.39 is 0 Å². The molecule has 1 aliphatic rings. The summed E-state index contributed by atoms with van der Waals surface area (Å²) in [6, 6.07) is 3.76. The molecule has 2 aromatic heterocycles. The average molecular weight is 246 g/mol. The minimum atomic E-state index is 0.0143. The zero-order valence-electron chi connectivity index (χ0n) is 10.8. The predicted octanol–water partition coefficient (Wildman–Crippen LogP) is 1.22. The number of rotatable bonds is 2. The van der Waals surface area contributed by atoms with Crippen LogP contribution >= 0.6 is 0 Å². The third kappa shape index (κ3) is 1.84. The Hall–Kier alpha value is -1.62. The van der Waals surface area contributed by atoms with Crippen molar-refractivity contribution in [3.63, 3.8) is 0 Å². The topological polar surface area (TPSA) is 53.4 Å². The highest BCUT2D eigenvalue weighted by Crippen LogP contribution is 2.27. The number of hydrogen-bond donors (Lipinski definition) is 1. The molecular formula is C13H18N4O. The predicted molar refractivity (Wildman–Crippen MR) is 69.9 cm³/mol. The Morgan fingerprint density at radius 2 is 2.33 bits per heavy atom. The standard InChI is InChI=1S/C13H18N4O/c1-9(2)16-5-3-10(8-16)13-15-14-12-7-11(18)4-6-17(12)13/h4,6-7,9-10,14H,3,5,8H2,1-2H3. The van der Waals surface area contributed by atoms with Gasteiger partial charge in [0.1, 0.15) is 11.5 Å². The summed E-state index contributed by atoms with van der Waals surface area (Å²) in [5.74, 6) is 1.48. The third-order valence-corrected chi connectivity index (χ3v) is 3.77. The van der Waals surface area contributed by atoms with E-state index in [2.05, 4.69) is 28.9 Å². The summed E-state index contributed by atoms with van der Waals surface area (Å²) in [7, 11) is 0.